The standard InChI is InChI=1S/C20H24ClFN6O2.C20H24ClFN6O.2C20H24F2N6O2/c1-19(2,29)20(3,30)14-10-28(8-7-23-14)18-12(21)9-13(22)16(25-18)15-11-5-4-6-24-17(11)27-26-15;1-11(2)20(3,29)15-10-28(8-7-23-15)19-13(21)9-14(22)17(25-19)16-12-5-4-6-24-18(12)27-26-16;1-19(2,29)20(3,30)14-10-28(8-7-23-14)18-13(22)9-12(21)16(25-18)15-11-5-4-6-24-17(11)27-26-15;1-11(10-29)20(2,30)15-9-28(7-6-23-15)19-14(22)8-13(21)17(25-19)16-12-4-3-5-24-18(12)27-26-16/h4-6,9,14,23,29-30H,7-8,10H2,1-3H3,(H,24,26,27);4-6,9,11,15,23,29H,7-8,10H2,1-3H3,(H,24,26,27);4-6,9,14,23,29-30H,7-8,10H2,1-3H3,(H,24,26,27);3-5,8,11,15,23,29-30H,6-7,9-10H2,1-2H3,(H,24,26,27)/t14-,20-;15-,20-;14-,20-;11?,15-,20+/m0000/s1. The Morgan fingerprint density at radius 1 is 0.395 bits per heavy atom. The SMILES string of the molecule is CC(C)(O)[C@@](C)(O)[C@@H]1CN(c2nc(-c3[nH]nc4ncccc34)c(F)cc2Cl)CCN1.CC(C)(O)[C@@](C)(O)[C@@H]1CN(c2nc(-c3[nH]nc4ncccc34)c(F)cc2F)CCN1.CC(C)[C@](C)(O)[C@@H]1CN(c2nc(-c3[nH]nc4ncccc34)c(F)cc2Cl)CCN1.CC(CO)[C@@](C)(O)[C@@H]1CN(c2nc(-c3[nH]nc4ncccc34)c(F)cc2F)CCN1. The topological polar surface area (TPSA) is 421 Å². The fourth-order valence-corrected chi connectivity index (χ4v) is 15.1. The summed E-state index contributed by atoms with van der Waals surface area (Å²) >= 11 is 12.7. The van der Waals surface area contributed by atoms with Crippen LogP contribution in [0.25, 0.3) is 89.7 Å². The summed E-state index contributed by atoms with van der Waals surface area (Å²) in [6.07, 6.45) is 6.39. The monoisotopic (exact) mass is 1690 g/mol. The Kier molecular flexibility index (Phi) is 25.3. The number of nitrogens with one attached hydrogen (secondary N) is 8. The van der Waals surface area contributed by atoms with Gasteiger partial charge in [0.15, 0.2) is 69.1 Å². The number of anilines is 4. The Labute approximate surface area is 689 Å². The molecule has 0 amide bonds. The third-order valence-corrected chi connectivity index (χ3v) is 24.1. The number of nitrogens with zero attached hydrogens (tertiary/aromatic N) is 16. The van der Waals surface area contributed by atoms with Gasteiger partial charge in [-0.15, -0.1) is 0 Å². The van der Waals surface area contributed by atoms with Gasteiger partial charge in [-0.25, -0.2) is 66.2 Å². The summed E-state index contributed by atoms with van der Waals surface area (Å²) in [5.41, 5.74) is -4.33. The first-order valence-corrected chi connectivity index (χ1v) is 39.6. The van der Waals surface area contributed by atoms with Crippen LogP contribution in [-0.4, -0.2) is 259 Å². The van der Waals surface area contributed by atoms with Crippen molar-refractivity contribution in [1.82, 2.24) is 102 Å². The molecule has 0 aromatic carbocycles. The summed E-state index contributed by atoms with van der Waals surface area (Å²) < 4.78 is 88.3. The minimum absolute atomic E-state index is 0.00279. The Morgan fingerprint density at radius 3 is 0.958 bits per heavy atom. The lowest BCUT2D eigenvalue weighted by Gasteiger charge is -2.46. The summed E-state index contributed by atoms with van der Waals surface area (Å²) in [6, 6.07) is 16.5. The lowest BCUT2D eigenvalue weighted by molar-refractivity contribution is -0.138. The smallest absolute Gasteiger partial charge is 0.181 e. The van der Waals surface area contributed by atoms with Crippen molar-refractivity contribution in [1.29, 1.82) is 0 Å². The van der Waals surface area contributed by atoms with Crippen LogP contribution in [0.1, 0.15) is 76.2 Å². The van der Waals surface area contributed by atoms with Gasteiger partial charge in [-0.3, -0.25) is 20.4 Å². The number of piperazine rings is 4. The Bertz CT molecular complexity index is 5440. The number of aromatic nitrogens is 16. The molecule has 12 aromatic heterocycles. The highest BCUT2D eigenvalue weighted by molar-refractivity contribution is 6.33. The maximum absolute atomic E-state index is 14.8. The molecule has 0 bridgehead atoms. The van der Waals surface area contributed by atoms with Crippen molar-refractivity contribution in [3.8, 4) is 45.6 Å². The molecule has 0 spiro atoms. The quantitative estimate of drug-likeness (QED) is 0.0382. The normalized spacial score (nSPS) is 19.9. The summed E-state index contributed by atoms with van der Waals surface area (Å²) in [5.74, 6) is -3.79. The molecule has 31 nitrogen and oxygen atoms in total. The maximum Gasteiger partial charge on any atom is 0.181 e. The molecule has 4 aliphatic heterocycles. The lowest BCUT2D eigenvalue weighted by atomic mass is 9.80. The molecule has 16 heterocycles. The van der Waals surface area contributed by atoms with Crippen molar-refractivity contribution in [3.05, 3.63) is 143 Å². The summed E-state index contributed by atoms with van der Waals surface area (Å²) in [4.78, 5) is 41.4. The van der Waals surface area contributed by atoms with E-state index in [1.165, 1.54) is 32.9 Å². The summed E-state index contributed by atoms with van der Waals surface area (Å²) in [6.45, 7) is 23.7. The van der Waals surface area contributed by atoms with Crippen molar-refractivity contribution in [2.24, 2.45) is 11.8 Å². The van der Waals surface area contributed by atoms with Gasteiger partial charge in [0.05, 0.1) is 79.4 Å². The second kappa shape index (κ2) is 34.6. The fraction of sp³-hybridized carbons (Fsp3) is 0.450. The Morgan fingerprint density at radius 2 is 0.664 bits per heavy atom. The summed E-state index contributed by atoms with van der Waals surface area (Å²) in [7, 11) is 0. The van der Waals surface area contributed by atoms with Crippen LogP contribution >= 0.6 is 23.2 Å². The average molecular weight is 1690 g/mol. The molecule has 39 heteroatoms. The highest BCUT2D eigenvalue weighted by Gasteiger charge is 2.49. The van der Waals surface area contributed by atoms with Gasteiger partial charge < -0.3 is 76.6 Å². The van der Waals surface area contributed by atoms with Crippen LogP contribution in [0.5, 0.6) is 0 Å². The lowest BCUT2D eigenvalue weighted by Crippen LogP contribution is -2.67. The molecular weight excluding hydrogens is 1590 g/mol. The molecule has 1 unspecified atom stereocenters. The number of aliphatic hydroxyl groups excluding tert-OH is 1. The van der Waals surface area contributed by atoms with Crippen molar-refractivity contribution < 1.29 is 62.1 Å². The zero-order valence-corrected chi connectivity index (χ0v) is 68.7. The molecule has 634 valence electrons. The molecule has 0 saturated carbocycles. The van der Waals surface area contributed by atoms with Gasteiger partial charge in [-0.05, 0) is 122 Å². The third kappa shape index (κ3) is 17.7. The first-order valence-electron chi connectivity index (χ1n) is 38.8. The van der Waals surface area contributed by atoms with Crippen molar-refractivity contribution in [2.45, 2.75) is 134 Å². The number of H-pyrrole nitrogens is 4. The number of fused-ring (bicyclic) bond motifs is 4. The molecule has 119 heavy (non-hydrogen) atoms. The van der Waals surface area contributed by atoms with Gasteiger partial charge >= 0.3 is 0 Å². The number of halogens is 8. The Hall–Kier alpha value is -10.0. The van der Waals surface area contributed by atoms with Gasteiger partial charge in [-0.1, -0.05) is 44.0 Å². The predicted octanol–water partition coefficient (Wildman–Crippen LogP) is 8.16. The van der Waals surface area contributed by atoms with E-state index in [-0.39, 0.29) is 82.0 Å². The molecular formula is C80H96Cl2F6N24O7. The molecule has 4 saturated heterocycles. The molecule has 0 aliphatic carbocycles. The number of aromatic amines is 4. The van der Waals surface area contributed by atoms with Crippen LogP contribution in [0.4, 0.5) is 49.6 Å². The van der Waals surface area contributed by atoms with Crippen molar-refractivity contribution in [2.75, 3.05) is 105 Å². The second-order valence-electron chi connectivity index (χ2n) is 32.3. The van der Waals surface area contributed by atoms with Gasteiger partial charge in [0.25, 0.3) is 0 Å². The van der Waals surface area contributed by atoms with Crippen LogP contribution in [0.15, 0.2) is 97.6 Å². The van der Waals surface area contributed by atoms with E-state index in [0.717, 1.165) is 12.1 Å². The van der Waals surface area contributed by atoms with Crippen molar-refractivity contribution >= 4 is 90.6 Å². The Balaban J connectivity index is 0.000000137. The highest BCUT2D eigenvalue weighted by Crippen LogP contribution is 2.40. The maximum atomic E-state index is 14.8. The fourth-order valence-electron chi connectivity index (χ4n) is 14.6. The number of hydrogen-bond acceptors (Lipinski definition) is 27. The van der Waals surface area contributed by atoms with Gasteiger partial charge in [0.2, 0.25) is 0 Å². The average Bonchev–Trinajstić information content (AvgIpc) is 1.75. The predicted molar refractivity (Wildman–Crippen MR) is 440 cm³/mol. The second-order valence-corrected chi connectivity index (χ2v) is 33.1. The first kappa shape index (κ1) is 86.8. The number of hydrogen-bond donors (Lipinski definition) is 15. The first-order chi connectivity index (χ1) is 56.3. The van der Waals surface area contributed by atoms with Crippen LogP contribution in [0, 0.1) is 46.7 Å². The molecule has 9 atom stereocenters. The van der Waals surface area contributed by atoms with Crippen LogP contribution in [-0.2, 0) is 0 Å². The third-order valence-electron chi connectivity index (χ3n) is 23.5. The molecule has 4 aliphatic rings. The zero-order valence-electron chi connectivity index (χ0n) is 67.2. The number of aliphatic hydroxyl groups is 7. The van der Waals surface area contributed by atoms with E-state index in [1.807, 2.05) is 36.6 Å². The van der Waals surface area contributed by atoms with Gasteiger partial charge in [0, 0.05) is 150 Å². The zero-order chi connectivity index (χ0) is 85.6. The number of pyridine rings is 8. The van der Waals surface area contributed by atoms with Crippen LogP contribution in [0.3, 0.4) is 0 Å². The molecule has 15 N–H and O–H groups in total. The number of rotatable bonds is 17. The van der Waals surface area contributed by atoms with E-state index in [4.69, 9.17) is 23.2 Å². The van der Waals surface area contributed by atoms with E-state index < -0.39 is 86.6 Å². The minimum Gasteiger partial charge on any atom is -0.396 e. The van der Waals surface area contributed by atoms with E-state index in [9.17, 15) is 62.1 Å². The summed E-state index contributed by atoms with van der Waals surface area (Å²) in [5, 5.41) is 117. The molecule has 0 radical (unpaired) electrons. The molecule has 12 aromatic rings. The minimum atomic E-state index is -1.49. The van der Waals surface area contributed by atoms with Crippen molar-refractivity contribution in [3.63, 3.8) is 0 Å². The van der Waals surface area contributed by atoms with E-state index in [0.29, 0.717) is 144 Å². The van der Waals surface area contributed by atoms with E-state index >= 15 is 0 Å². The van der Waals surface area contributed by atoms with Crippen LogP contribution < -0.4 is 40.9 Å². The molecule has 4 fully saturated rings. The molecule has 16 rings (SSSR count). The van der Waals surface area contributed by atoms with Gasteiger partial charge in [-0.2, -0.15) is 20.4 Å². The van der Waals surface area contributed by atoms with Crippen LogP contribution in [0.2, 0.25) is 10.0 Å². The largest absolute Gasteiger partial charge is 0.396 e. The van der Waals surface area contributed by atoms with E-state index in [2.05, 4.69) is 102 Å². The van der Waals surface area contributed by atoms with Gasteiger partial charge in [0.1, 0.15) is 45.6 Å². The van der Waals surface area contributed by atoms with E-state index in [1.54, 1.807) is 112 Å². The highest BCUT2D eigenvalue weighted by atomic mass is 35.5.